The monoisotopic (exact) mass is 411 g/mol. The van der Waals surface area contributed by atoms with Gasteiger partial charge >= 0.3 is 0 Å². The number of thioether (sulfide) groups is 1. The fourth-order valence-corrected chi connectivity index (χ4v) is 4.34. The van der Waals surface area contributed by atoms with Crippen LogP contribution in [0.1, 0.15) is 35.5 Å². The van der Waals surface area contributed by atoms with E-state index in [0.717, 1.165) is 34.0 Å². The van der Waals surface area contributed by atoms with Gasteiger partial charge in [0.05, 0.1) is 18.8 Å². The lowest BCUT2D eigenvalue weighted by molar-refractivity contribution is -0.245. The highest BCUT2D eigenvalue weighted by atomic mass is 32.2. The van der Waals surface area contributed by atoms with Crippen LogP contribution in [0.15, 0.2) is 66.1 Å². The summed E-state index contributed by atoms with van der Waals surface area (Å²) >= 11 is 1.68. The summed E-state index contributed by atoms with van der Waals surface area (Å²) in [5, 5.41) is 10.3. The predicted octanol–water partition coefficient (Wildman–Crippen LogP) is 3.83. The van der Waals surface area contributed by atoms with Crippen LogP contribution in [0.5, 0.6) is 0 Å². The first-order valence-electron chi connectivity index (χ1n) is 9.58. The fraction of sp³-hybridized carbons (Fsp3) is 0.318. The van der Waals surface area contributed by atoms with Crippen LogP contribution in [-0.2, 0) is 23.1 Å². The van der Waals surface area contributed by atoms with Gasteiger partial charge in [-0.15, -0.1) is 0 Å². The Balaban J connectivity index is 1.54. The summed E-state index contributed by atoms with van der Waals surface area (Å²) in [6.07, 6.45) is 3.90. The van der Waals surface area contributed by atoms with Gasteiger partial charge in [0.15, 0.2) is 11.4 Å². The quantitative estimate of drug-likeness (QED) is 0.474. The maximum absolute atomic E-state index is 9.31. The number of nitrogen functional groups attached to an aromatic ring is 1. The second kappa shape index (κ2) is 9.00. The van der Waals surface area contributed by atoms with E-state index in [4.69, 9.17) is 15.2 Å². The zero-order chi connectivity index (χ0) is 20.2. The molecule has 1 saturated heterocycles. The van der Waals surface area contributed by atoms with Gasteiger partial charge in [0, 0.05) is 42.9 Å². The van der Waals surface area contributed by atoms with Crippen LogP contribution in [0.25, 0.3) is 0 Å². The molecule has 0 spiro atoms. The van der Waals surface area contributed by atoms with Crippen LogP contribution in [-0.4, -0.2) is 26.5 Å². The van der Waals surface area contributed by atoms with E-state index >= 15 is 0 Å². The highest BCUT2D eigenvalue weighted by Gasteiger charge is 2.32. The third-order valence-electron chi connectivity index (χ3n) is 4.97. The number of nitrogens with two attached hydrogens (primary N) is 1. The Hall–Kier alpha value is -2.32. The molecular formula is C22H25N3O3S. The largest absolute Gasteiger partial charge is 0.399 e. The van der Waals surface area contributed by atoms with Crippen molar-refractivity contribution < 1.29 is 14.6 Å². The van der Waals surface area contributed by atoms with Gasteiger partial charge in [0.1, 0.15) is 0 Å². The number of benzene rings is 2. The molecule has 0 unspecified atom stereocenters. The number of imidazole rings is 1. The Morgan fingerprint density at radius 3 is 2.69 bits per heavy atom. The summed E-state index contributed by atoms with van der Waals surface area (Å²) in [4.78, 5) is 4.38. The van der Waals surface area contributed by atoms with Gasteiger partial charge in [-0.3, -0.25) is 0 Å². The molecular weight excluding hydrogens is 386 g/mol. The zero-order valence-corrected chi connectivity index (χ0v) is 17.1. The van der Waals surface area contributed by atoms with E-state index in [-0.39, 0.29) is 18.8 Å². The van der Waals surface area contributed by atoms with E-state index in [1.54, 1.807) is 18.0 Å². The molecule has 0 aliphatic carbocycles. The number of aromatic nitrogens is 2. The molecule has 0 amide bonds. The lowest BCUT2D eigenvalue weighted by Crippen LogP contribution is -2.31. The third-order valence-corrected chi connectivity index (χ3v) is 6.16. The fourth-order valence-electron chi connectivity index (χ4n) is 3.39. The van der Waals surface area contributed by atoms with E-state index in [1.807, 2.05) is 66.3 Å². The van der Waals surface area contributed by atoms with Crippen molar-refractivity contribution in [1.29, 1.82) is 0 Å². The first-order chi connectivity index (χ1) is 14.1. The number of aliphatic hydroxyl groups is 1. The smallest absolute Gasteiger partial charge is 0.184 e. The lowest BCUT2D eigenvalue weighted by Gasteiger charge is -2.36. The van der Waals surface area contributed by atoms with Crippen LogP contribution in [0.3, 0.4) is 0 Å². The molecule has 2 heterocycles. The zero-order valence-electron chi connectivity index (χ0n) is 16.3. The van der Waals surface area contributed by atoms with Crippen molar-refractivity contribution in [3.63, 3.8) is 0 Å². The van der Waals surface area contributed by atoms with Gasteiger partial charge in [-0.25, -0.2) is 4.98 Å². The van der Waals surface area contributed by atoms with Crippen molar-refractivity contribution in [2.75, 3.05) is 11.5 Å². The molecule has 7 heteroatoms. The van der Waals surface area contributed by atoms with Gasteiger partial charge in [-0.05, 0) is 23.3 Å². The van der Waals surface area contributed by atoms with Gasteiger partial charge < -0.3 is 24.9 Å². The Morgan fingerprint density at radius 1 is 1.17 bits per heavy atom. The second-order valence-electron chi connectivity index (χ2n) is 7.15. The van der Waals surface area contributed by atoms with Gasteiger partial charge in [0.2, 0.25) is 0 Å². The Morgan fingerprint density at radius 2 is 2.00 bits per heavy atom. The molecule has 0 saturated carbocycles. The van der Waals surface area contributed by atoms with Gasteiger partial charge in [-0.2, -0.15) is 0 Å². The number of hydrogen-bond acceptors (Lipinski definition) is 6. The summed E-state index contributed by atoms with van der Waals surface area (Å²) < 4.78 is 14.6. The maximum Gasteiger partial charge on any atom is 0.184 e. The van der Waals surface area contributed by atoms with Crippen LogP contribution >= 0.6 is 11.8 Å². The molecule has 3 atom stereocenters. The maximum atomic E-state index is 9.31. The minimum Gasteiger partial charge on any atom is -0.399 e. The molecule has 29 heavy (non-hydrogen) atoms. The SMILES string of the molecule is Cn1ccnc1SC[C@@H]1C[C@H](c2ccc(CO)cc2)O[C@H](c2cccc(N)c2)O1. The summed E-state index contributed by atoms with van der Waals surface area (Å²) in [6, 6.07) is 15.5. The molecule has 0 bridgehead atoms. The van der Waals surface area contributed by atoms with E-state index in [9.17, 15) is 5.11 Å². The predicted molar refractivity (Wildman–Crippen MR) is 113 cm³/mol. The molecule has 1 fully saturated rings. The highest BCUT2D eigenvalue weighted by Crippen LogP contribution is 2.39. The van der Waals surface area contributed by atoms with Crippen LogP contribution in [0.2, 0.25) is 0 Å². The van der Waals surface area contributed by atoms with Crippen molar-refractivity contribution in [3.8, 4) is 0 Å². The number of anilines is 1. The van der Waals surface area contributed by atoms with Crippen LogP contribution in [0.4, 0.5) is 5.69 Å². The third kappa shape index (κ3) is 4.82. The molecule has 6 nitrogen and oxygen atoms in total. The summed E-state index contributed by atoms with van der Waals surface area (Å²) in [5.74, 6) is 0.776. The number of hydrogen-bond donors (Lipinski definition) is 2. The Labute approximate surface area is 174 Å². The first-order valence-corrected chi connectivity index (χ1v) is 10.6. The first kappa shape index (κ1) is 20.0. The number of rotatable bonds is 6. The molecule has 2 aromatic carbocycles. The summed E-state index contributed by atoms with van der Waals surface area (Å²) in [6.45, 7) is 0.0315. The van der Waals surface area contributed by atoms with Crippen molar-refractivity contribution >= 4 is 17.4 Å². The van der Waals surface area contributed by atoms with Crippen molar-refractivity contribution in [3.05, 3.63) is 77.6 Å². The van der Waals surface area contributed by atoms with Crippen molar-refractivity contribution in [2.24, 2.45) is 7.05 Å². The van der Waals surface area contributed by atoms with Gasteiger partial charge in [-0.1, -0.05) is 48.2 Å². The summed E-state index contributed by atoms with van der Waals surface area (Å²) in [5.41, 5.74) is 9.52. The van der Waals surface area contributed by atoms with E-state index < -0.39 is 6.29 Å². The number of aryl methyl sites for hydroxylation is 1. The Bertz CT molecular complexity index is 944. The number of aliphatic hydroxyl groups excluding tert-OH is 1. The number of ether oxygens (including phenoxy) is 2. The van der Waals surface area contributed by atoms with Crippen LogP contribution in [0, 0.1) is 0 Å². The standard InChI is InChI=1S/C22H25N3O3S/c1-25-10-9-24-22(25)29-14-19-12-20(16-7-5-15(13-26)6-8-16)28-21(27-19)17-3-2-4-18(23)11-17/h2-11,19-21,26H,12-14,23H2,1H3/t19-,20+,21+/m0/s1. The molecule has 1 aliphatic heterocycles. The minimum absolute atomic E-state index is 0.000557. The molecule has 152 valence electrons. The summed E-state index contributed by atoms with van der Waals surface area (Å²) in [7, 11) is 1.99. The highest BCUT2D eigenvalue weighted by molar-refractivity contribution is 7.99. The topological polar surface area (TPSA) is 82.5 Å². The molecule has 1 aromatic heterocycles. The van der Waals surface area contributed by atoms with E-state index in [1.165, 1.54) is 0 Å². The average Bonchev–Trinajstić information content (AvgIpc) is 3.17. The minimum atomic E-state index is -0.485. The molecule has 4 rings (SSSR count). The van der Waals surface area contributed by atoms with E-state index in [2.05, 4.69) is 4.98 Å². The molecule has 3 aromatic rings. The molecule has 3 N–H and O–H groups in total. The number of nitrogens with zero attached hydrogens (tertiary/aromatic N) is 2. The molecule has 1 aliphatic rings. The van der Waals surface area contributed by atoms with Crippen LogP contribution < -0.4 is 5.73 Å². The van der Waals surface area contributed by atoms with Crippen molar-refractivity contribution in [2.45, 2.75) is 36.7 Å². The molecule has 0 radical (unpaired) electrons. The second-order valence-corrected chi connectivity index (χ2v) is 8.14. The van der Waals surface area contributed by atoms with Crippen molar-refractivity contribution in [1.82, 2.24) is 9.55 Å². The average molecular weight is 412 g/mol. The van der Waals surface area contributed by atoms with E-state index in [0.29, 0.717) is 5.69 Å². The lowest BCUT2D eigenvalue weighted by atomic mass is 10.0. The Kier molecular flexibility index (Phi) is 6.20. The normalized spacial score (nSPS) is 21.9. The van der Waals surface area contributed by atoms with Gasteiger partial charge in [0.25, 0.3) is 0 Å².